The first-order chi connectivity index (χ1) is 9.76. The molecule has 4 heteroatoms. The Labute approximate surface area is 122 Å². The van der Waals surface area contributed by atoms with E-state index in [1.807, 2.05) is 12.1 Å². The maximum absolute atomic E-state index is 6.00. The second-order valence-electron chi connectivity index (χ2n) is 5.35. The SMILES string of the molecule is CCCNC(c1ccccc1OC)C1CN(C)CCO1. The lowest BCUT2D eigenvalue weighted by Gasteiger charge is -2.36. The van der Waals surface area contributed by atoms with Crippen LogP contribution >= 0.6 is 0 Å². The summed E-state index contributed by atoms with van der Waals surface area (Å²) < 4.78 is 11.5. The van der Waals surface area contributed by atoms with Crippen LogP contribution in [0.1, 0.15) is 24.9 Å². The Morgan fingerprint density at radius 3 is 2.95 bits per heavy atom. The van der Waals surface area contributed by atoms with Crippen molar-refractivity contribution in [1.82, 2.24) is 10.2 Å². The third-order valence-electron chi connectivity index (χ3n) is 3.76. The maximum atomic E-state index is 6.00. The van der Waals surface area contributed by atoms with Gasteiger partial charge in [-0.2, -0.15) is 0 Å². The molecular weight excluding hydrogens is 252 g/mol. The number of methoxy groups -OCH3 is 1. The number of para-hydroxylation sites is 1. The fourth-order valence-corrected chi connectivity index (χ4v) is 2.68. The lowest BCUT2D eigenvalue weighted by atomic mass is 9.98. The Morgan fingerprint density at radius 2 is 2.25 bits per heavy atom. The fourth-order valence-electron chi connectivity index (χ4n) is 2.68. The van der Waals surface area contributed by atoms with Gasteiger partial charge >= 0.3 is 0 Å². The van der Waals surface area contributed by atoms with E-state index in [0.29, 0.717) is 0 Å². The van der Waals surface area contributed by atoms with Crippen molar-refractivity contribution in [2.75, 3.05) is 40.4 Å². The summed E-state index contributed by atoms with van der Waals surface area (Å²) in [6.45, 7) is 5.90. The summed E-state index contributed by atoms with van der Waals surface area (Å²) in [7, 11) is 3.87. The minimum atomic E-state index is 0.164. The molecule has 0 aliphatic carbocycles. The number of nitrogens with zero attached hydrogens (tertiary/aromatic N) is 1. The molecule has 0 saturated carbocycles. The standard InChI is InChI=1S/C16H26N2O2/c1-4-9-17-16(15-12-18(2)10-11-20-15)13-7-5-6-8-14(13)19-3/h5-8,15-17H,4,9-12H2,1-3H3. The van der Waals surface area contributed by atoms with E-state index in [-0.39, 0.29) is 12.1 Å². The summed E-state index contributed by atoms with van der Waals surface area (Å²) >= 11 is 0. The van der Waals surface area contributed by atoms with Gasteiger partial charge in [0.2, 0.25) is 0 Å². The van der Waals surface area contributed by atoms with E-state index in [0.717, 1.165) is 38.4 Å². The summed E-state index contributed by atoms with van der Waals surface area (Å²) in [5, 5.41) is 3.62. The van der Waals surface area contributed by atoms with Crippen molar-refractivity contribution >= 4 is 0 Å². The van der Waals surface area contributed by atoms with Crippen LogP contribution in [0.3, 0.4) is 0 Å². The highest BCUT2D eigenvalue weighted by molar-refractivity contribution is 5.36. The average molecular weight is 278 g/mol. The first-order valence-electron chi connectivity index (χ1n) is 7.42. The third-order valence-corrected chi connectivity index (χ3v) is 3.76. The van der Waals surface area contributed by atoms with Crippen molar-refractivity contribution in [3.8, 4) is 5.75 Å². The van der Waals surface area contributed by atoms with Gasteiger partial charge in [0.05, 0.1) is 25.9 Å². The molecule has 0 bridgehead atoms. The molecule has 1 fully saturated rings. The molecular formula is C16H26N2O2. The highest BCUT2D eigenvalue weighted by Gasteiger charge is 2.29. The largest absolute Gasteiger partial charge is 0.496 e. The van der Waals surface area contributed by atoms with Crippen LogP contribution < -0.4 is 10.1 Å². The molecule has 2 rings (SSSR count). The quantitative estimate of drug-likeness (QED) is 0.863. The van der Waals surface area contributed by atoms with Gasteiger partial charge < -0.3 is 19.7 Å². The molecule has 1 aromatic carbocycles. The number of benzene rings is 1. The topological polar surface area (TPSA) is 33.7 Å². The van der Waals surface area contributed by atoms with Crippen LogP contribution in [0.25, 0.3) is 0 Å². The zero-order valence-corrected chi connectivity index (χ0v) is 12.8. The lowest BCUT2D eigenvalue weighted by molar-refractivity contribution is -0.0395. The van der Waals surface area contributed by atoms with E-state index < -0.39 is 0 Å². The third kappa shape index (κ3) is 3.72. The van der Waals surface area contributed by atoms with Gasteiger partial charge in [-0.15, -0.1) is 0 Å². The van der Waals surface area contributed by atoms with Crippen molar-refractivity contribution in [3.05, 3.63) is 29.8 Å². The van der Waals surface area contributed by atoms with Gasteiger partial charge in [0.15, 0.2) is 0 Å². The van der Waals surface area contributed by atoms with Crippen LogP contribution in [0.2, 0.25) is 0 Å². The van der Waals surface area contributed by atoms with E-state index in [9.17, 15) is 0 Å². The van der Waals surface area contributed by atoms with Crippen LogP contribution in [-0.2, 0) is 4.74 Å². The van der Waals surface area contributed by atoms with Crippen molar-refractivity contribution in [1.29, 1.82) is 0 Å². The second-order valence-corrected chi connectivity index (χ2v) is 5.35. The molecule has 20 heavy (non-hydrogen) atoms. The summed E-state index contributed by atoms with van der Waals surface area (Å²) in [4.78, 5) is 2.32. The molecule has 1 aliphatic rings. The molecule has 1 aliphatic heterocycles. The Kier molecular flexibility index (Phi) is 5.83. The Bertz CT molecular complexity index is 411. The Morgan fingerprint density at radius 1 is 1.45 bits per heavy atom. The van der Waals surface area contributed by atoms with Crippen molar-refractivity contribution < 1.29 is 9.47 Å². The van der Waals surface area contributed by atoms with Crippen LogP contribution in [0.15, 0.2) is 24.3 Å². The summed E-state index contributed by atoms with van der Waals surface area (Å²) in [5.41, 5.74) is 1.18. The Balaban J connectivity index is 2.21. The molecule has 0 spiro atoms. The molecule has 1 aromatic rings. The molecule has 2 atom stereocenters. The predicted octanol–water partition coefficient (Wildman–Crippen LogP) is 2.07. The highest BCUT2D eigenvalue weighted by Crippen LogP contribution is 2.29. The lowest BCUT2D eigenvalue weighted by Crippen LogP contribution is -2.47. The van der Waals surface area contributed by atoms with Crippen molar-refractivity contribution in [3.63, 3.8) is 0 Å². The molecule has 0 amide bonds. The van der Waals surface area contributed by atoms with Gasteiger partial charge in [0.25, 0.3) is 0 Å². The average Bonchev–Trinajstić information content (AvgIpc) is 2.48. The first-order valence-corrected chi connectivity index (χ1v) is 7.42. The van der Waals surface area contributed by atoms with Gasteiger partial charge in [-0.3, -0.25) is 0 Å². The number of hydrogen-bond acceptors (Lipinski definition) is 4. The number of ether oxygens (including phenoxy) is 2. The van der Waals surface area contributed by atoms with E-state index >= 15 is 0 Å². The molecule has 1 heterocycles. The van der Waals surface area contributed by atoms with Gasteiger partial charge in [-0.1, -0.05) is 25.1 Å². The van der Waals surface area contributed by atoms with Crippen LogP contribution in [0.5, 0.6) is 5.75 Å². The van der Waals surface area contributed by atoms with E-state index in [4.69, 9.17) is 9.47 Å². The minimum Gasteiger partial charge on any atom is -0.496 e. The van der Waals surface area contributed by atoms with Gasteiger partial charge in [-0.05, 0) is 26.1 Å². The first kappa shape index (κ1) is 15.3. The molecule has 2 unspecified atom stereocenters. The van der Waals surface area contributed by atoms with Gasteiger partial charge in [0.1, 0.15) is 5.75 Å². The molecule has 0 radical (unpaired) electrons. The number of likely N-dealkylation sites (N-methyl/N-ethyl adjacent to an activating group) is 1. The molecule has 1 saturated heterocycles. The van der Waals surface area contributed by atoms with Crippen LogP contribution in [0, 0.1) is 0 Å². The van der Waals surface area contributed by atoms with Gasteiger partial charge in [0, 0.05) is 18.7 Å². The monoisotopic (exact) mass is 278 g/mol. The number of nitrogens with one attached hydrogen (secondary N) is 1. The van der Waals surface area contributed by atoms with Crippen molar-refractivity contribution in [2.45, 2.75) is 25.5 Å². The summed E-state index contributed by atoms with van der Waals surface area (Å²) in [5.74, 6) is 0.929. The molecule has 4 nitrogen and oxygen atoms in total. The van der Waals surface area contributed by atoms with Crippen LogP contribution in [-0.4, -0.2) is 51.4 Å². The molecule has 112 valence electrons. The Hall–Kier alpha value is -1.10. The maximum Gasteiger partial charge on any atom is 0.123 e. The smallest absolute Gasteiger partial charge is 0.123 e. The number of morpholine rings is 1. The number of rotatable bonds is 6. The van der Waals surface area contributed by atoms with Crippen molar-refractivity contribution in [2.24, 2.45) is 0 Å². The molecule has 0 aromatic heterocycles. The second kappa shape index (κ2) is 7.62. The van der Waals surface area contributed by atoms with Crippen LogP contribution in [0.4, 0.5) is 0 Å². The number of hydrogen-bond donors (Lipinski definition) is 1. The minimum absolute atomic E-state index is 0.164. The fraction of sp³-hybridized carbons (Fsp3) is 0.625. The zero-order chi connectivity index (χ0) is 14.4. The van der Waals surface area contributed by atoms with Gasteiger partial charge in [-0.25, -0.2) is 0 Å². The normalized spacial score (nSPS) is 21.6. The van der Waals surface area contributed by atoms with E-state index in [2.05, 4.69) is 36.3 Å². The summed E-state index contributed by atoms with van der Waals surface area (Å²) in [6, 6.07) is 8.39. The summed E-state index contributed by atoms with van der Waals surface area (Å²) in [6.07, 6.45) is 1.27. The molecule has 1 N–H and O–H groups in total. The van der Waals surface area contributed by atoms with E-state index in [1.54, 1.807) is 7.11 Å². The highest BCUT2D eigenvalue weighted by atomic mass is 16.5. The zero-order valence-electron chi connectivity index (χ0n) is 12.8. The predicted molar refractivity (Wildman–Crippen MR) is 81.3 cm³/mol. The van der Waals surface area contributed by atoms with E-state index in [1.165, 1.54) is 5.56 Å².